The lowest BCUT2D eigenvalue weighted by Gasteiger charge is -2.08. The molecule has 3 heteroatoms. The van der Waals surface area contributed by atoms with Crippen molar-refractivity contribution in [3.8, 4) is 22.4 Å². The summed E-state index contributed by atoms with van der Waals surface area (Å²) in [5.41, 5.74) is 7.61. The summed E-state index contributed by atoms with van der Waals surface area (Å²) in [4.78, 5) is 4.85. The Morgan fingerprint density at radius 3 is 2.20 bits per heavy atom. The Kier molecular flexibility index (Phi) is 4.06. The van der Waals surface area contributed by atoms with Gasteiger partial charge in [-0.15, -0.1) is 11.6 Å². The fraction of sp³-hybridized carbons (Fsp3) is 0.136. The van der Waals surface area contributed by atoms with Gasteiger partial charge in [-0.3, -0.25) is 0 Å². The first kappa shape index (κ1) is 15.9. The van der Waals surface area contributed by atoms with E-state index in [1.54, 1.807) is 0 Å². The van der Waals surface area contributed by atoms with E-state index in [9.17, 15) is 0 Å². The van der Waals surface area contributed by atoms with E-state index in [2.05, 4.69) is 72.0 Å². The second kappa shape index (κ2) is 6.38. The summed E-state index contributed by atoms with van der Waals surface area (Å²) in [5, 5.41) is -0.124. The highest BCUT2D eigenvalue weighted by Crippen LogP contribution is 2.33. The molecule has 0 aliphatic heterocycles. The summed E-state index contributed by atoms with van der Waals surface area (Å²) < 4.78 is 2.09. The van der Waals surface area contributed by atoms with Crippen LogP contribution in [-0.4, -0.2) is 9.38 Å². The van der Waals surface area contributed by atoms with Crippen LogP contribution in [0.1, 0.15) is 23.6 Å². The number of halogens is 1. The molecule has 0 N–H and O–H groups in total. The molecular weight excluding hydrogens is 328 g/mol. The maximum Gasteiger partial charge on any atom is 0.137 e. The molecule has 2 aromatic carbocycles. The Bertz CT molecular complexity index is 1020. The van der Waals surface area contributed by atoms with Crippen molar-refractivity contribution in [2.24, 2.45) is 0 Å². The van der Waals surface area contributed by atoms with Crippen molar-refractivity contribution in [3.05, 3.63) is 84.2 Å². The summed E-state index contributed by atoms with van der Waals surface area (Å²) >= 11 is 6.48. The third-order valence-corrected chi connectivity index (χ3v) is 4.67. The van der Waals surface area contributed by atoms with Crippen LogP contribution in [0.15, 0.2) is 72.9 Å². The maximum atomic E-state index is 6.48. The summed E-state index contributed by atoms with van der Waals surface area (Å²) in [5.74, 6) is 0. The number of imidazole rings is 1. The molecule has 2 nitrogen and oxygen atoms in total. The Balaban J connectivity index is 1.83. The van der Waals surface area contributed by atoms with E-state index in [1.165, 1.54) is 16.7 Å². The van der Waals surface area contributed by atoms with Crippen molar-refractivity contribution in [2.75, 3.05) is 0 Å². The Morgan fingerprint density at radius 1 is 0.880 bits per heavy atom. The highest BCUT2D eigenvalue weighted by atomic mass is 35.5. The quantitative estimate of drug-likeness (QED) is 0.399. The van der Waals surface area contributed by atoms with Crippen molar-refractivity contribution < 1.29 is 0 Å². The van der Waals surface area contributed by atoms with E-state index in [1.807, 2.05) is 19.2 Å². The smallest absolute Gasteiger partial charge is 0.137 e. The van der Waals surface area contributed by atoms with Gasteiger partial charge in [-0.1, -0.05) is 54.6 Å². The monoisotopic (exact) mass is 346 g/mol. The molecule has 4 aromatic rings. The number of benzene rings is 2. The summed E-state index contributed by atoms with van der Waals surface area (Å²) in [6.45, 7) is 4.07. The molecule has 0 amide bonds. The van der Waals surface area contributed by atoms with E-state index in [-0.39, 0.29) is 5.38 Å². The van der Waals surface area contributed by atoms with E-state index in [4.69, 9.17) is 16.6 Å². The Morgan fingerprint density at radius 2 is 1.52 bits per heavy atom. The zero-order valence-electron chi connectivity index (χ0n) is 14.3. The number of alkyl halides is 1. The van der Waals surface area contributed by atoms with Crippen LogP contribution < -0.4 is 0 Å². The molecule has 0 fully saturated rings. The van der Waals surface area contributed by atoms with Gasteiger partial charge < -0.3 is 4.40 Å². The van der Waals surface area contributed by atoms with E-state index in [0.29, 0.717) is 0 Å². The van der Waals surface area contributed by atoms with E-state index >= 15 is 0 Å². The Labute approximate surface area is 152 Å². The van der Waals surface area contributed by atoms with Crippen LogP contribution in [0, 0.1) is 6.92 Å². The molecule has 0 aliphatic carbocycles. The van der Waals surface area contributed by atoms with Gasteiger partial charge >= 0.3 is 0 Å². The van der Waals surface area contributed by atoms with Crippen molar-refractivity contribution in [1.82, 2.24) is 9.38 Å². The predicted molar refractivity (Wildman–Crippen MR) is 105 cm³/mol. The minimum atomic E-state index is -0.124. The molecule has 1 unspecified atom stereocenters. The Hall–Kier alpha value is -2.58. The first-order valence-corrected chi connectivity index (χ1v) is 8.85. The molecule has 0 radical (unpaired) electrons. The van der Waals surface area contributed by atoms with Crippen LogP contribution in [0.5, 0.6) is 0 Å². The van der Waals surface area contributed by atoms with Gasteiger partial charge in [-0.05, 0) is 42.7 Å². The summed E-state index contributed by atoms with van der Waals surface area (Å²) in [6, 6.07) is 23.1. The van der Waals surface area contributed by atoms with Crippen molar-refractivity contribution in [1.29, 1.82) is 0 Å². The maximum absolute atomic E-state index is 6.48. The molecular formula is C22H19ClN2. The minimum Gasteiger partial charge on any atom is -0.302 e. The molecule has 0 aliphatic rings. The largest absolute Gasteiger partial charge is 0.302 e. The highest BCUT2D eigenvalue weighted by molar-refractivity contribution is 6.20. The van der Waals surface area contributed by atoms with Crippen molar-refractivity contribution in [3.63, 3.8) is 0 Å². The lowest BCUT2D eigenvalue weighted by Crippen LogP contribution is -1.95. The van der Waals surface area contributed by atoms with Gasteiger partial charge in [0.25, 0.3) is 0 Å². The standard InChI is InChI=1S/C22H19ClN2/c1-15-12-13-25-20(14-15)24-21(22(25)16(2)23)19-10-8-18(9-11-19)17-6-4-3-5-7-17/h3-14,16H,1-2H3. The topological polar surface area (TPSA) is 17.3 Å². The average Bonchev–Trinajstić information content (AvgIpc) is 3.01. The van der Waals surface area contributed by atoms with Crippen LogP contribution in [0.3, 0.4) is 0 Å². The van der Waals surface area contributed by atoms with Gasteiger partial charge in [-0.25, -0.2) is 4.98 Å². The minimum absolute atomic E-state index is 0.124. The van der Waals surface area contributed by atoms with Crippen LogP contribution in [0.2, 0.25) is 0 Å². The van der Waals surface area contributed by atoms with E-state index < -0.39 is 0 Å². The van der Waals surface area contributed by atoms with Gasteiger partial charge in [0.1, 0.15) is 5.65 Å². The number of hydrogen-bond donors (Lipinski definition) is 0. The van der Waals surface area contributed by atoms with Crippen LogP contribution >= 0.6 is 11.6 Å². The number of rotatable bonds is 3. The summed E-state index contributed by atoms with van der Waals surface area (Å²) in [7, 11) is 0. The molecule has 0 saturated carbocycles. The normalized spacial score (nSPS) is 12.4. The number of pyridine rings is 1. The van der Waals surface area contributed by atoms with Gasteiger partial charge in [0.15, 0.2) is 0 Å². The fourth-order valence-electron chi connectivity index (χ4n) is 3.21. The zero-order valence-corrected chi connectivity index (χ0v) is 15.0. The molecule has 25 heavy (non-hydrogen) atoms. The number of aromatic nitrogens is 2. The predicted octanol–water partition coefficient (Wildman–Crippen LogP) is 6.28. The first-order chi connectivity index (χ1) is 12.1. The first-order valence-electron chi connectivity index (χ1n) is 8.42. The lowest BCUT2D eigenvalue weighted by molar-refractivity contribution is 0.963. The van der Waals surface area contributed by atoms with E-state index in [0.717, 1.165) is 22.6 Å². The summed E-state index contributed by atoms with van der Waals surface area (Å²) in [6.07, 6.45) is 2.05. The number of aryl methyl sites for hydroxylation is 1. The molecule has 0 saturated heterocycles. The number of hydrogen-bond acceptors (Lipinski definition) is 1. The molecule has 0 bridgehead atoms. The molecule has 4 rings (SSSR count). The molecule has 2 aromatic heterocycles. The van der Waals surface area contributed by atoms with Crippen LogP contribution in [0.4, 0.5) is 0 Å². The average molecular weight is 347 g/mol. The molecule has 124 valence electrons. The van der Waals surface area contributed by atoms with Gasteiger partial charge in [0, 0.05) is 11.8 Å². The van der Waals surface area contributed by atoms with Crippen LogP contribution in [-0.2, 0) is 0 Å². The lowest BCUT2D eigenvalue weighted by atomic mass is 10.0. The zero-order chi connectivity index (χ0) is 17.4. The highest BCUT2D eigenvalue weighted by Gasteiger charge is 2.18. The van der Waals surface area contributed by atoms with Crippen LogP contribution in [0.25, 0.3) is 28.0 Å². The van der Waals surface area contributed by atoms with Crippen molar-refractivity contribution in [2.45, 2.75) is 19.2 Å². The van der Waals surface area contributed by atoms with Gasteiger partial charge in [0.2, 0.25) is 0 Å². The third-order valence-electron chi connectivity index (χ3n) is 4.46. The van der Waals surface area contributed by atoms with Gasteiger partial charge in [-0.2, -0.15) is 0 Å². The third kappa shape index (κ3) is 2.94. The number of nitrogens with zero attached hydrogens (tertiary/aromatic N) is 2. The fourth-order valence-corrected chi connectivity index (χ4v) is 3.42. The number of fused-ring (bicyclic) bond motifs is 1. The molecule has 0 spiro atoms. The molecule has 1 atom stereocenters. The SMILES string of the molecule is Cc1ccn2c(C(C)Cl)c(-c3ccc(-c4ccccc4)cc3)nc2c1. The second-order valence-corrected chi connectivity index (χ2v) is 6.99. The van der Waals surface area contributed by atoms with Gasteiger partial charge in [0.05, 0.1) is 16.8 Å². The molecule has 2 heterocycles. The second-order valence-electron chi connectivity index (χ2n) is 6.34. The van der Waals surface area contributed by atoms with Crippen molar-refractivity contribution >= 4 is 17.2 Å².